The summed E-state index contributed by atoms with van der Waals surface area (Å²) in [5.41, 5.74) is 0.521. The van der Waals surface area contributed by atoms with Gasteiger partial charge < -0.3 is 5.32 Å². The molecule has 120 valence electrons. The monoisotopic (exact) mass is 290 g/mol. The van der Waals surface area contributed by atoms with Crippen LogP contribution in [0.25, 0.3) is 0 Å². The molecule has 0 radical (unpaired) electrons. The third kappa shape index (κ3) is 2.47. The van der Waals surface area contributed by atoms with E-state index in [4.69, 9.17) is 0 Å². The highest BCUT2D eigenvalue weighted by molar-refractivity contribution is 5.06. The first-order valence-electron chi connectivity index (χ1n) is 9.74. The van der Waals surface area contributed by atoms with Crippen molar-refractivity contribution in [2.45, 2.75) is 82.2 Å². The van der Waals surface area contributed by atoms with Crippen molar-refractivity contribution < 1.29 is 0 Å². The number of fused-ring (bicyclic) bond motifs is 2. The number of hydrogen-bond donors (Lipinski definition) is 1. The highest BCUT2D eigenvalue weighted by Crippen LogP contribution is 2.51. The van der Waals surface area contributed by atoms with Crippen LogP contribution in [0.15, 0.2) is 0 Å². The molecule has 4 atom stereocenters. The summed E-state index contributed by atoms with van der Waals surface area (Å²) in [5.74, 6) is 3.23. The number of nitrogens with zero attached hydrogens (tertiary/aromatic N) is 1. The molecule has 4 fully saturated rings. The SMILES string of the molecule is CNC(CC1CC2CCC1C2)C1(N2CCCC2)CCCC1. The van der Waals surface area contributed by atoms with Crippen LogP contribution < -0.4 is 5.32 Å². The van der Waals surface area contributed by atoms with Crippen LogP contribution >= 0.6 is 0 Å². The summed E-state index contributed by atoms with van der Waals surface area (Å²) in [6.07, 6.45) is 16.4. The Morgan fingerprint density at radius 2 is 1.81 bits per heavy atom. The molecule has 2 nitrogen and oxygen atoms in total. The average molecular weight is 290 g/mol. The molecule has 1 aliphatic heterocycles. The van der Waals surface area contributed by atoms with E-state index in [-0.39, 0.29) is 0 Å². The van der Waals surface area contributed by atoms with Gasteiger partial charge in [0.05, 0.1) is 0 Å². The molecule has 0 spiro atoms. The second-order valence-corrected chi connectivity index (χ2v) is 8.52. The van der Waals surface area contributed by atoms with E-state index in [1.807, 2.05) is 0 Å². The normalized spacial score (nSPS) is 40.1. The molecule has 0 aromatic rings. The Hall–Kier alpha value is -0.0800. The van der Waals surface area contributed by atoms with Gasteiger partial charge in [0.25, 0.3) is 0 Å². The highest BCUT2D eigenvalue weighted by Gasteiger charge is 2.48. The summed E-state index contributed by atoms with van der Waals surface area (Å²) in [4.78, 5) is 2.90. The Morgan fingerprint density at radius 1 is 1.05 bits per heavy atom. The van der Waals surface area contributed by atoms with Crippen molar-refractivity contribution in [2.24, 2.45) is 17.8 Å². The second kappa shape index (κ2) is 5.85. The molecule has 4 aliphatic rings. The van der Waals surface area contributed by atoms with Crippen LogP contribution in [0, 0.1) is 17.8 Å². The van der Waals surface area contributed by atoms with Crippen LogP contribution in [0.2, 0.25) is 0 Å². The van der Waals surface area contributed by atoms with Gasteiger partial charge in [-0.05, 0) is 89.3 Å². The molecule has 0 aromatic carbocycles. The first kappa shape index (κ1) is 14.5. The Labute approximate surface area is 131 Å². The molecular weight excluding hydrogens is 256 g/mol. The zero-order valence-corrected chi connectivity index (χ0v) is 13.9. The largest absolute Gasteiger partial charge is 0.315 e. The second-order valence-electron chi connectivity index (χ2n) is 8.52. The van der Waals surface area contributed by atoms with Gasteiger partial charge in [0.1, 0.15) is 0 Å². The maximum Gasteiger partial charge on any atom is 0.0362 e. The fourth-order valence-electron chi connectivity index (χ4n) is 6.61. The average Bonchev–Trinajstić information content (AvgIpc) is 3.29. The lowest BCUT2D eigenvalue weighted by atomic mass is 9.76. The molecule has 3 saturated carbocycles. The Balaban J connectivity index is 1.49. The third-order valence-corrected chi connectivity index (χ3v) is 7.63. The number of likely N-dealkylation sites (tertiary alicyclic amines) is 1. The molecule has 2 bridgehead atoms. The van der Waals surface area contributed by atoms with Crippen LogP contribution in [0.4, 0.5) is 0 Å². The van der Waals surface area contributed by atoms with Gasteiger partial charge in [0.15, 0.2) is 0 Å². The van der Waals surface area contributed by atoms with Crippen LogP contribution in [-0.4, -0.2) is 36.6 Å². The van der Waals surface area contributed by atoms with Crippen molar-refractivity contribution >= 4 is 0 Å². The van der Waals surface area contributed by atoms with E-state index in [0.29, 0.717) is 5.54 Å². The molecule has 21 heavy (non-hydrogen) atoms. The molecule has 1 saturated heterocycles. The first-order chi connectivity index (χ1) is 10.3. The fraction of sp³-hybridized carbons (Fsp3) is 1.00. The van der Waals surface area contributed by atoms with Crippen molar-refractivity contribution in [1.29, 1.82) is 0 Å². The maximum atomic E-state index is 3.81. The predicted molar refractivity (Wildman–Crippen MR) is 88.4 cm³/mol. The smallest absolute Gasteiger partial charge is 0.0362 e. The number of rotatable bonds is 5. The summed E-state index contributed by atoms with van der Waals surface area (Å²) >= 11 is 0. The number of likely N-dealkylation sites (N-methyl/N-ethyl adjacent to an activating group) is 1. The van der Waals surface area contributed by atoms with E-state index in [0.717, 1.165) is 23.8 Å². The summed E-state index contributed by atoms with van der Waals surface area (Å²) in [5, 5.41) is 3.81. The molecule has 0 aromatic heterocycles. The molecule has 0 amide bonds. The highest BCUT2D eigenvalue weighted by atomic mass is 15.2. The van der Waals surface area contributed by atoms with E-state index in [2.05, 4.69) is 17.3 Å². The van der Waals surface area contributed by atoms with E-state index >= 15 is 0 Å². The van der Waals surface area contributed by atoms with Crippen LogP contribution in [0.5, 0.6) is 0 Å². The van der Waals surface area contributed by atoms with Gasteiger partial charge >= 0.3 is 0 Å². The zero-order valence-electron chi connectivity index (χ0n) is 13.9. The molecular formula is C19H34N2. The summed E-state index contributed by atoms with van der Waals surface area (Å²) in [7, 11) is 2.24. The zero-order chi connectivity index (χ0) is 14.3. The lowest BCUT2D eigenvalue weighted by Gasteiger charge is -2.46. The Kier molecular flexibility index (Phi) is 4.04. The van der Waals surface area contributed by atoms with Crippen molar-refractivity contribution in [1.82, 2.24) is 10.2 Å². The standard InChI is InChI=1S/C19H34N2/c1-20-18(14-17-13-15-6-7-16(17)12-15)19(8-2-3-9-19)21-10-4-5-11-21/h15-18,20H,2-14H2,1H3. The Bertz CT molecular complexity index is 355. The van der Waals surface area contributed by atoms with Gasteiger partial charge in [-0.3, -0.25) is 4.90 Å². The quantitative estimate of drug-likeness (QED) is 0.828. The fourth-order valence-corrected chi connectivity index (χ4v) is 6.61. The number of hydrogen-bond acceptors (Lipinski definition) is 2. The van der Waals surface area contributed by atoms with Crippen molar-refractivity contribution in [3.8, 4) is 0 Å². The minimum atomic E-state index is 0.521. The summed E-state index contributed by atoms with van der Waals surface area (Å²) in [6, 6.07) is 0.752. The molecule has 1 heterocycles. The third-order valence-electron chi connectivity index (χ3n) is 7.63. The first-order valence-corrected chi connectivity index (χ1v) is 9.74. The maximum absolute atomic E-state index is 3.81. The van der Waals surface area contributed by atoms with Gasteiger partial charge in [-0.2, -0.15) is 0 Å². The number of nitrogens with one attached hydrogen (secondary N) is 1. The van der Waals surface area contributed by atoms with E-state index in [1.165, 1.54) is 58.0 Å². The predicted octanol–water partition coefficient (Wildman–Crippen LogP) is 3.81. The molecule has 3 aliphatic carbocycles. The van der Waals surface area contributed by atoms with Crippen molar-refractivity contribution in [3.63, 3.8) is 0 Å². The van der Waals surface area contributed by atoms with Crippen LogP contribution in [0.1, 0.15) is 70.6 Å². The van der Waals surface area contributed by atoms with Gasteiger partial charge in [0, 0.05) is 11.6 Å². The van der Waals surface area contributed by atoms with Gasteiger partial charge in [-0.15, -0.1) is 0 Å². The molecule has 2 heteroatoms. The van der Waals surface area contributed by atoms with E-state index < -0.39 is 0 Å². The lowest BCUT2D eigenvalue weighted by Crippen LogP contribution is -2.59. The minimum Gasteiger partial charge on any atom is -0.315 e. The molecule has 4 rings (SSSR count). The lowest BCUT2D eigenvalue weighted by molar-refractivity contribution is 0.0637. The minimum absolute atomic E-state index is 0.521. The topological polar surface area (TPSA) is 15.3 Å². The summed E-state index contributed by atoms with van der Waals surface area (Å²) < 4.78 is 0. The van der Waals surface area contributed by atoms with Crippen LogP contribution in [0.3, 0.4) is 0 Å². The van der Waals surface area contributed by atoms with E-state index in [1.54, 1.807) is 25.7 Å². The van der Waals surface area contributed by atoms with Crippen molar-refractivity contribution in [3.05, 3.63) is 0 Å². The van der Waals surface area contributed by atoms with E-state index in [9.17, 15) is 0 Å². The molecule has 4 unspecified atom stereocenters. The Morgan fingerprint density at radius 3 is 2.38 bits per heavy atom. The van der Waals surface area contributed by atoms with Crippen molar-refractivity contribution in [2.75, 3.05) is 20.1 Å². The van der Waals surface area contributed by atoms with Crippen LogP contribution in [-0.2, 0) is 0 Å². The molecule has 1 N–H and O–H groups in total. The summed E-state index contributed by atoms with van der Waals surface area (Å²) in [6.45, 7) is 2.74. The van der Waals surface area contributed by atoms with Gasteiger partial charge in [0.2, 0.25) is 0 Å². The van der Waals surface area contributed by atoms with Gasteiger partial charge in [-0.1, -0.05) is 19.3 Å². The van der Waals surface area contributed by atoms with Gasteiger partial charge in [-0.25, -0.2) is 0 Å².